The molecule has 2 unspecified atom stereocenters. The number of nitrogens with one attached hydrogen (secondary N) is 1. The Morgan fingerprint density at radius 3 is 2.44 bits per heavy atom. The van der Waals surface area contributed by atoms with Crippen LogP contribution in [0.25, 0.3) is 0 Å². The van der Waals surface area contributed by atoms with Crippen LogP contribution in [0, 0.1) is 6.92 Å². The predicted octanol–water partition coefficient (Wildman–Crippen LogP) is 1.05. The summed E-state index contributed by atoms with van der Waals surface area (Å²) in [5, 5.41) is 23.1. The van der Waals surface area contributed by atoms with Crippen molar-refractivity contribution >= 4 is 17.7 Å². The number of ether oxygens (including phenoxy) is 3. The number of rotatable bonds is 8. The van der Waals surface area contributed by atoms with Gasteiger partial charge < -0.3 is 29.7 Å². The van der Waals surface area contributed by atoms with Crippen LogP contribution in [0.15, 0.2) is 71.7 Å². The number of aliphatic hydroxyl groups is 2. The monoisotopic (exact) mass is 495 g/mol. The van der Waals surface area contributed by atoms with Gasteiger partial charge >= 0.3 is 11.7 Å². The van der Waals surface area contributed by atoms with Gasteiger partial charge in [0.15, 0.2) is 18.9 Å². The first-order valence-corrected chi connectivity index (χ1v) is 11.1. The molecule has 1 amide bonds. The summed E-state index contributed by atoms with van der Waals surface area (Å²) >= 11 is 0. The largest absolute Gasteiger partial charge is 0.482 e. The molecular formula is C25H25N3O8. The van der Waals surface area contributed by atoms with Gasteiger partial charge in [0.2, 0.25) is 0 Å². The molecule has 36 heavy (non-hydrogen) atoms. The van der Waals surface area contributed by atoms with Gasteiger partial charge in [-0.25, -0.2) is 9.59 Å². The van der Waals surface area contributed by atoms with Gasteiger partial charge in [-0.1, -0.05) is 36.4 Å². The molecular weight excluding hydrogens is 470 g/mol. The van der Waals surface area contributed by atoms with E-state index in [9.17, 15) is 24.6 Å². The first-order chi connectivity index (χ1) is 17.4. The number of nitrogens with zero attached hydrogens (tertiary/aromatic N) is 2. The van der Waals surface area contributed by atoms with Crippen molar-refractivity contribution in [2.24, 2.45) is 0 Å². The van der Waals surface area contributed by atoms with Crippen LogP contribution in [0.4, 0.5) is 5.82 Å². The van der Waals surface area contributed by atoms with E-state index in [0.29, 0.717) is 16.9 Å². The molecule has 11 nitrogen and oxygen atoms in total. The van der Waals surface area contributed by atoms with Crippen molar-refractivity contribution in [1.29, 1.82) is 0 Å². The van der Waals surface area contributed by atoms with Crippen molar-refractivity contribution in [2.75, 3.05) is 18.5 Å². The first kappa shape index (κ1) is 25.0. The highest BCUT2D eigenvalue weighted by Gasteiger charge is 2.47. The number of anilines is 1. The van der Waals surface area contributed by atoms with Gasteiger partial charge in [-0.2, -0.15) is 4.98 Å². The summed E-state index contributed by atoms with van der Waals surface area (Å²) in [5.74, 6) is -0.712. The predicted molar refractivity (Wildman–Crippen MR) is 126 cm³/mol. The summed E-state index contributed by atoms with van der Waals surface area (Å²) in [5.41, 5.74) is 0.000130. The number of hydrogen-bond acceptors (Lipinski definition) is 9. The van der Waals surface area contributed by atoms with E-state index < -0.39 is 55.3 Å². The smallest absolute Gasteiger partial charge is 0.351 e. The van der Waals surface area contributed by atoms with E-state index in [1.165, 1.54) is 6.20 Å². The van der Waals surface area contributed by atoms with Crippen molar-refractivity contribution in [1.82, 2.24) is 9.55 Å². The van der Waals surface area contributed by atoms with Crippen molar-refractivity contribution in [3.63, 3.8) is 0 Å². The van der Waals surface area contributed by atoms with Gasteiger partial charge in [0.1, 0.15) is 23.8 Å². The Labute approximate surface area is 205 Å². The minimum absolute atomic E-state index is 0.0531. The number of benzene rings is 2. The van der Waals surface area contributed by atoms with Gasteiger partial charge in [0.05, 0.1) is 6.61 Å². The number of aromatic nitrogens is 2. The van der Waals surface area contributed by atoms with Crippen LogP contribution < -0.4 is 15.7 Å². The Balaban J connectivity index is 1.46. The summed E-state index contributed by atoms with van der Waals surface area (Å²) in [6, 6.07) is 17.1. The fraction of sp³-hybridized carbons (Fsp3) is 0.280. The molecule has 0 radical (unpaired) electrons. The lowest BCUT2D eigenvalue weighted by atomic mass is 10.1. The Morgan fingerprint density at radius 2 is 1.78 bits per heavy atom. The molecule has 4 atom stereocenters. The fourth-order valence-electron chi connectivity index (χ4n) is 3.73. The molecule has 4 rings (SSSR count). The molecule has 0 aliphatic carbocycles. The molecule has 0 bridgehead atoms. The second kappa shape index (κ2) is 11.1. The molecule has 2 heterocycles. The van der Waals surface area contributed by atoms with Crippen LogP contribution >= 0.6 is 0 Å². The van der Waals surface area contributed by atoms with Gasteiger partial charge in [-0.05, 0) is 31.2 Å². The highest BCUT2D eigenvalue weighted by molar-refractivity contribution is 6.04. The summed E-state index contributed by atoms with van der Waals surface area (Å²) in [7, 11) is 0. The zero-order valence-corrected chi connectivity index (χ0v) is 19.3. The van der Waals surface area contributed by atoms with Crippen molar-refractivity contribution < 1.29 is 34.0 Å². The van der Waals surface area contributed by atoms with Crippen molar-refractivity contribution in [2.45, 2.75) is 31.5 Å². The van der Waals surface area contributed by atoms with E-state index >= 15 is 0 Å². The maximum Gasteiger partial charge on any atom is 0.351 e. The average Bonchev–Trinajstić information content (AvgIpc) is 3.20. The summed E-state index contributed by atoms with van der Waals surface area (Å²) < 4.78 is 17.3. The van der Waals surface area contributed by atoms with Crippen molar-refractivity contribution in [3.8, 4) is 5.75 Å². The van der Waals surface area contributed by atoms with Gasteiger partial charge in [0.25, 0.3) is 5.91 Å². The van der Waals surface area contributed by atoms with E-state index in [1.54, 1.807) is 67.6 Å². The number of aliphatic hydroxyl groups excluding tert-OH is 2. The van der Waals surface area contributed by atoms with E-state index in [0.717, 1.165) is 4.57 Å². The molecule has 0 spiro atoms. The Bertz CT molecular complexity index is 1270. The standard InChI is InChI=1S/C25H25N3O8/c1-15-12-28(25(33)27-22(15)26-23(32)16-8-4-2-5-9-16)24-20(31)21(18(13-29)35-24)36-19(30)14-34-17-10-6-3-7-11-17/h2-12,18,20-21,24,29,31H,13-14H2,1H3,(H,26,27,32,33)/t18-,20?,21?,24-/m1/s1. The average molecular weight is 495 g/mol. The number of carbonyl (C=O) groups excluding carboxylic acids is 2. The quantitative estimate of drug-likeness (QED) is 0.390. The Kier molecular flexibility index (Phi) is 7.74. The SMILES string of the molecule is Cc1cn([C@@H]2O[C@H](CO)C(OC(=O)COc3ccccc3)C2O)c(=O)nc1NC(=O)c1ccccc1. The number of aryl methyl sites for hydroxylation is 1. The second-order valence-electron chi connectivity index (χ2n) is 8.08. The van der Waals surface area contributed by atoms with Gasteiger partial charge in [-0.15, -0.1) is 0 Å². The zero-order chi connectivity index (χ0) is 25.7. The van der Waals surface area contributed by atoms with Crippen LogP contribution in [0.1, 0.15) is 22.1 Å². The van der Waals surface area contributed by atoms with E-state index in [4.69, 9.17) is 14.2 Å². The van der Waals surface area contributed by atoms with Crippen LogP contribution in [0.3, 0.4) is 0 Å². The number of carbonyl (C=O) groups is 2. The molecule has 0 saturated carbocycles. The highest BCUT2D eigenvalue weighted by atomic mass is 16.6. The molecule has 1 aromatic heterocycles. The van der Waals surface area contributed by atoms with Crippen LogP contribution in [-0.2, 0) is 14.3 Å². The van der Waals surface area contributed by atoms with E-state index in [1.807, 2.05) is 0 Å². The minimum atomic E-state index is -1.48. The Hall–Kier alpha value is -4.06. The fourth-order valence-corrected chi connectivity index (χ4v) is 3.73. The van der Waals surface area contributed by atoms with Crippen LogP contribution in [0.2, 0.25) is 0 Å². The third kappa shape index (κ3) is 5.60. The molecule has 188 valence electrons. The molecule has 3 N–H and O–H groups in total. The highest BCUT2D eigenvalue weighted by Crippen LogP contribution is 2.31. The zero-order valence-electron chi connectivity index (χ0n) is 19.3. The molecule has 1 aliphatic rings. The maximum absolute atomic E-state index is 12.7. The lowest BCUT2D eigenvalue weighted by Crippen LogP contribution is -2.40. The number of hydrogen-bond donors (Lipinski definition) is 3. The molecule has 3 aromatic rings. The van der Waals surface area contributed by atoms with Crippen molar-refractivity contribution in [3.05, 3.63) is 88.5 Å². The molecule has 1 aliphatic heterocycles. The summed E-state index contributed by atoms with van der Waals surface area (Å²) in [6.45, 7) is 0.622. The van der Waals surface area contributed by atoms with Gasteiger partial charge in [0, 0.05) is 17.3 Å². The first-order valence-electron chi connectivity index (χ1n) is 11.1. The maximum atomic E-state index is 12.7. The molecule has 2 aromatic carbocycles. The minimum Gasteiger partial charge on any atom is -0.482 e. The lowest BCUT2D eigenvalue weighted by Gasteiger charge is -2.20. The lowest BCUT2D eigenvalue weighted by molar-refractivity contribution is -0.159. The van der Waals surface area contributed by atoms with Gasteiger partial charge in [-0.3, -0.25) is 9.36 Å². The Morgan fingerprint density at radius 1 is 1.11 bits per heavy atom. The van der Waals surface area contributed by atoms with E-state index in [-0.39, 0.29) is 5.82 Å². The van der Waals surface area contributed by atoms with Crippen LogP contribution in [-0.4, -0.2) is 63.2 Å². The summed E-state index contributed by atoms with van der Waals surface area (Å²) in [4.78, 5) is 41.4. The van der Waals surface area contributed by atoms with Crippen LogP contribution in [0.5, 0.6) is 5.75 Å². The summed E-state index contributed by atoms with van der Waals surface area (Å²) in [6.07, 6.45) is -3.74. The molecule has 11 heteroatoms. The molecule has 1 saturated heterocycles. The normalized spacial score (nSPS) is 21.1. The number of esters is 1. The second-order valence-corrected chi connectivity index (χ2v) is 8.08. The topological polar surface area (TPSA) is 149 Å². The van der Waals surface area contributed by atoms with E-state index in [2.05, 4.69) is 10.3 Å². The third-order valence-corrected chi connectivity index (χ3v) is 5.53. The third-order valence-electron chi connectivity index (χ3n) is 5.53. The number of para-hydroxylation sites is 1. The molecule has 1 fully saturated rings. The number of amides is 1.